The van der Waals surface area contributed by atoms with Gasteiger partial charge < -0.3 is 68.2 Å². The number of amides is 5. The molecular weight excluding hydrogens is 1040 g/mol. The maximum atomic E-state index is 14.8. The molecule has 1 unspecified atom stereocenters. The highest BCUT2D eigenvalue weighted by molar-refractivity contribution is 8.15. The summed E-state index contributed by atoms with van der Waals surface area (Å²) < 4.78 is 6.66. The van der Waals surface area contributed by atoms with Crippen LogP contribution in [0.5, 0.6) is 0 Å². The number of thiazole rings is 1. The summed E-state index contributed by atoms with van der Waals surface area (Å²) >= 11 is 2.74. The van der Waals surface area contributed by atoms with Crippen LogP contribution >= 0.6 is 23.1 Å². The predicted octanol–water partition coefficient (Wildman–Crippen LogP) is 3.30. The van der Waals surface area contributed by atoms with Crippen LogP contribution in [-0.2, 0) is 30.3 Å². The van der Waals surface area contributed by atoms with Crippen molar-refractivity contribution in [2.45, 2.75) is 107 Å². The number of aromatic nitrogens is 3. The van der Waals surface area contributed by atoms with Gasteiger partial charge in [0.1, 0.15) is 46.4 Å². The van der Waals surface area contributed by atoms with Crippen molar-refractivity contribution in [1.82, 2.24) is 46.4 Å². The second-order valence-electron chi connectivity index (χ2n) is 19.9. The number of nitrogens with zero attached hydrogens (tertiary/aromatic N) is 5. The summed E-state index contributed by atoms with van der Waals surface area (Å²) in [5, 5.41) is 37.9. The van der Waals surface area contributed by atoms with Gasteiger partial charge in [0.15, 0.2) is 12.2 Å². The second-order valence-corrected chi connectivity index (χ2v) is 21.9. The Morgan fingerprint density at radius 1 is 0.897 bits per heavy atom. The van der Waals surface area contributed by atoms with Crippen molar-refractivity contribution >= 4 is 79.7 Å². The number of aliphatic hydroxyl groups excluding tert-OH is 1. The Bertz CT molecular complexity index is 2870. The summed E-state index contributed by atoms with van der Waals surface area (Å²) in [7, 11) is 5.42. The number of unbranched alkanes of at least 4 members (excludes halogenated alkanes) is 2. The van der Waals surface area contributed by atoms with Crippen molar-refractivity contribution in [3.05, 3.63) is 101 Å². The SMILES string of the molecule is CN=C(N)NCCCC(C)(NC(=O)OCC1c2ccccc2-c2ccccc21)C(=O)N[C@@H](Cc1cnc[nH]1)C(=O)N[C@@H](CCCCN(C)C)C(=O)N[C@@H](CCCCN)C(=O)Nc1ccc2nc(C3=N[C@@H](C(O)O)CS3)sc2c1. The first kappa shape index (κ1) is 58.7. The van der Waals surface area contributed by atoms with Crippen molar-refractivity contribution in [2.24, 2.45) is 21.5 Å². The Balaban J connectivity index is 1.08. The van der Waals surface area contributed by atoms with Gasteiger partial charge in [0.25, 0.3) is 0 Å². The lowest BCUT2D eigenvalue weighted by Gasteiger charge is -2.32. The van der Waals surface area contributed by atoms with E-state index in [-0.39, 0.29) is 44.2 Å². The van der Waals surface area contributed by atoms with Gasteiger partial charge in [-0.1, -0.05) is 48.5 Å². The van der Waals surface area contributed by atoms with Crippen molar-refractivity contribution in [1.29, 1.82) is 0 Å². The van der Waals surface area contributed by atoms with Gasteiger partial charge in [-0.2, -0.15) is 0 Å². The second kappa shape index (κ2) is 28.1. The van der Waals surface area contributed by atoms with Crippen LogP contribution in [0.2, 0.25) is 0 Å². The molecular formula is C54H72N14O8S2. The van der Waals surface area contributed by atoms with E-state index in [9.17, 15) is 34.2 Å². The molecule has 0 bridgehead atoms. The van der Waals surface area contributed by atoms with E-state index in [1.54, 1.807) is 32.2 Å². The fourth-order valence-electron chi connectivity index (χ4n) is 9.31. The number of thioether (sulfide) groups is 1. The number of carbonyl (C=O) groups is 5. The van der Waals surface area contributed by atoms with Crippen LogP contribution in [0.25, 0.3) is 21.3 Å². The quantitative estimate of drug-likeness (QED) is 0.0148. The zero-order valence-corrected chi connectivity index (χ0v) is 46.1. The number of fused-ring (bicyclic) bond motifs is 4. The number of aliphatic hydroxyl groups is 2. The van der Waals surface area contributed by atoms with Gasteiger partial charge in [-0.25, -0.2) is 14.8 Å². The fraction of sp³-hybridized carbons (Fsp3) is 0.463. The molecule has 24 heteroatoms. The first-order valence-electron chi connectivity index (χ1n) is 26.2. The largest absolute Gasteiger partial charge is 0.449 e. The van der Waals surface area contributed by atoms with Gasteiger partial charge in [0.2, 0.25) is 23.6 Å². The first-order chi connectivity index (χ1) is 37.5. The number of anilines is 1. The van der Waals surface area contributed by atoms with E-state index in [1.165, 1.54) is 35.6 Å². The van der Waals surface area contributed by atoms with E-state index in [4.69, 9.17) is 16.2 Å². The van der Waals surface area contributed by atoms with Gasteiger partial charge in [0.05, 0.1) is 16.5 Å². The smallest absolute Gasteiger partial charge is 0.408 e. The van der Waals surface area contributed by atoms with Crippen molar-refractivity contribution in [3.63, 3.8) is 0 Å². The van der Waals surface area contributed by atoms with E-state index in [2.05, 4.69) is 56.8 Å². The Hall–Kier alpha value is -6.96. The summed E-state index contributed by atoms with van der Waals surface area (Å²) in [6, 6.07) is 17.1. The minimum atomic E-state index is -1.63. The molecule has 418 valence electrons. The number of guanidine groups is 1. The van der Waals surface area contributed by atoms with E-state index in [0.29, 0.717) is 77.9 Å². The molecule has 0 spiro atoms. The number of alkyl carbamates (subject to hydrolysis) is 1. The number of hydrogen-bond acceptors (Lipinski definition) is 16. The molecule has 5 aromatic rings. The number of aromatic amines is 1. The summed E-state index contributed by atoms with van der Waals surface area (Å²) in [5.74, 6) is -2.07. The molecule has 2 aromatic heterocycles. The van der Waals surface area contributed by atoms with Crippen molar-refractivity contribution < 1.29 is 38.9 Å². The zero-order chi connectivity index (χ0) is 55.8. The fourth-order valence-corrected chi connectivity index (χ4v) is 11.5. The molecule has 22 nitrogen and oxygen atoms in total. The number of imidazole rings is 1. The number of aliphatic imine (C=N–C) groups is 2. The molecule has 0 saturated heterocycles. The number of rotatable bonds is 28. The normalized spacial score (nSPS) is 16.1. The number of ether oxygens (including phenoxy) is 1. The van der Waals surface area contributed by atoms with E-state index in [0.717, 1.165) is 33.5 Å². The number of hydrogen-bond donors (Lipinski definition) is 11. The summed E-state index contributed by atoms with van der Waals surface area (Å²) in [6.45, 7) is 2.97. The van der Waals surface area contributed by atoms with E-state index in [1.807, 2.05) is 67.5 Å². The topological polar surface area (TPSA) is 329 Å². The Kier molecular flexibility index (Phi) is 21.1. The molecule has 3 aromatic carbocycles. The number of H-pyrrole nitrogens is 1. The Morgan fingerprint density at radius 3 is 2.22 bits per heavy atom. The molecule has 1 aliphatic heterocycles. The molecule has 5 atom stereocenters. The lowest BCUT2D eigenvalue weighted by molar-refractivity contribution is -0.134. The zero-order valence-electron chi connectivity index (χ0n) is 44.4. The average molecular weight is 1110 g/mol. The molecule has 13 N–H and O–H groups in total. The maximum Gasteiger partial charge on any atom is 0.408 e. The highest BCUT2D eigenvalue weighted by atomic mass is 32.2. The van der Waals surface area contributed by atoms with E-state index < -0.39 is 65.7 Å². The Morgan fingerprint density at radius 2 is 1.58 bits per heavy atom. The summed E-state index contributed by atoms with van der Waals surface area (Å²) in [6.07, 6.45) is 3.73. The van der Waals surface area contributed by atoms with Crippen LogP contribution in [0.1, 0.15) is 86.0 Å². The lowest BCUT2D eigenvalue weighted by atomic mass is 9.93. The minimum Gasteiger partial charge on any atom is -0.449 e. The molecule has 3 heterocycles. The Labute approximate surface area is 461 Å². The van der Waals surface area contributed by atoms with Crippen LogP contribution in [0, 0.1) is 0 Å². The molecule has 0 fully saturated rings. The molecule has 1 aliphatic carbocycles. The van der Waals surface area contributed by atoms with Gasteiger partial charge in [-0.3, -0.25) is 29.2 Å². The lowest BCUT2D eigenvalue weighted by Crippen LogP contribution is -2.62. The van der Waals surface area contributed by atoms with Crippen molar-refractivity contribution in [3.8, 4) is 11.1 Å². The standard InChI is InChI=1S/C54H72N14O8S2/c1-54(22-13-24-59-52(56)57-2,67-53(75)76-29-38-36-16-7-5-14-34(36)35-15-6-8-17-37(35)38)51(74)66-42(26-33-28-58-31-60-33)47(71)63-41(19-10-12-25-68(3)4)46(70)62-40(18-9-11-23-55)45(69)61-32-20-21-39-44(27-32)78-49(64-39)48-65-43(30-77-48)50(72)73/h5-8,14-17,20-21,27-28,31,38,40-43,50,72-73H,9-13,18-19,22-26,29-30,55H2,1-4H3,(H,58,60)(H,61,69)(H,62,70)(H,63,71)(H,66,74)(H,67,75)(H3,56,57,59)/t40-,41-,42-,43+,54?/m0/s1. The van der Waals surface area contributed by atoms with Crippen LogP contribution in [0.3, 0.4) is 0 Å². The summed E-state index contributed by atoms with van der Waals surface area (Å²) in [5.41, 5.74) is 15.9. The van der Waals surface area contributed by atoms with Crippen LogP contribution < -0.4 is 43.4 Å². The third kappa shape index (κ3) is 15.8. The number of nitrogens with one attached hydrogen (secondary N) is 7. The highest BCUT2D eigenvalue weighted by Gasteiger charge is 2.39. The monoisotopic (exact) mass is 1110 g/mol. The molecule has 0 saturated carbocycles. The van der Waals surface area contributed by atoms with Crippen LogP contribution in [0.4, 0.5) is 10.5 Å². The molecule has 78 heavy (non-hydrogen) atoms. The molecule has 0 radical (unpaired) electrons. The third-order valence-electron chi connectivity index (χ3n) is 13.6. The summed E-state index contributed by atoms with van der Waals surface area (Å²) in [4.78, 5) is 94.2. The molecule has 5 amide bonds. The number of benzene rings is 3. The third-order valence-corrected chi connectivity index (χ3v) is 15.9. The van der Waals surface area contributed by atoms with Crippen LogP contribution in [0.15, 0.2) is 89.2 Å². The van der Waals surface area contributed by atoms with Gasteiger partial charge >= 0.3 is 6.09 Å². The predicted molar refractivity (Wildman–Crippen MR) is 304 cm³/mol. The van der Waals surface area contributed by atoms with Gasteiger partial charge in [-0.05, 0) is 126 Å². The molecule has 7 rings (SSSR count). The first-order valence-corrected chi connectivity index (χ1v) is 28.0. The number of nitrogens with two attached hydrogens (primary N) is 2. The van der Waals surface area contributed by atoms with Crippen molar-refractivity contribution in [2.75, 3.05) is 58.5 Å². The minimum absolute atomic E-state index is 0.00166. The van der Waals surface area contributed by atoms with Crippen LogP contribution in [-0.4, -0.2) is 160 Å². The van der Waals surface area contributed by atoms with E-state index >= 15 is 0 Å². The maximum absolute atomic E-state index is 14.8. The molecule has 2 aliphatic rings. The highest BCUT2D eigenvalue weighted by Crippen LogP contribution is 2.44. The average Bonchev–Trinajstić information content (AvgIpc) is 4.35. The number of carbonyl (C=O) groups excluding carboxylic acids is 5. The van der Waals surface area contributed by atoms with Gasteiger partial charge in [-0.15, -0.1) is 23.1 Å². The van der Waals surface area contributed by atoms with Gasteiger partial charge in [0, 0.05) is 49.3 Å².